The van der Waals surface area contributed by atoms with Crippen molar-refractivity contribution in [2.75, 3.05) is 20.3 Å². The van der Waals surface area contributed by atoms with E-state index in [-0.39, 0.29) is 18.4 Å². The Bertz CT molecular complexity index is 570. The number of carbonyl (C=O) groups is 2. The third kappa shape index (κ3) is 6.02. The molecule has 1 aromatic carbocycles. The van der Waals surface area contributed by atoms with Gasteiger partial charge in [0.05, 0.1) is 7.11 Å². The van der Waals surface area contributed by atoms with Crippen LogP contribution in [-0.2, 0) is 9.59 Å². The molecule has 0 spiro atoms. The first-order valence-electron chi connectivity index (χ1n) is 7.52. The average Bonchev–Trinajstić information content (AvgIpc) is 2.53. The van der Waals surface area contributed by atoms with Crippen LogP contribution >= 0.6 is 0 Å². The molecule has 0 aromatic heterocycles. The van der Waals surface area contributed by atoms with Gasteiger partial charge in [0.1, 0.15) is 6.04 Å². The van der Waals surface area contributed by atoms with Gasteiger partial charge in [0.2, 0.25) is 5.91 Å². The van der Waals surface area contributed by atoms with E-state index in [2.05, 4.69) is 10.6 Å². The lowest BCUT2D eigenvalue weighted by Crippen LogP contribution is -2.46. The van der Waals surface area contributed by atoms with Crippen molar-refractivity contribution in [1.29, 1.82) is 0 Å². The average molecular weight is 320 g/mol. The highest BCUT2D eigenvalue weighted by Crippen LogP contribution is 2.28. The Balaban J connectivity index is 2.60. The fourth-order valence-electron chi connectivity index (χ4n) is 1.92. The number of ether oxygens (including phenoxy) is 2. The van der Waals surface area contributed by atoms with Crippen LogP contribution in [-0.4, -0.2) is 38.1 Å². The normalized spacial score (nSPS) is 11.8. The Morgan fingerprint density at radius 2 is 2.04 bits per heavy atom. The first-order valence-corrected chi connectivity index (χ1v) is 7.52. The Morgan fingerprint density at radius 1 is 1.30 bits per heavy atom. The highest BCUT2D eigenvalue weighted by Gasteiger charge is 2.15. The van der Waals surface area contributed by atoms with Crippen molar-refractivity contribution in [3.63, 3.8) is 0 Å². The lowest BCUT2D eigenvalue weighted by atomic mass is 10.2. The number of likely N-dealkylation sites (N-methyl/N-ethyl adjacent to an activating group) is 1. The van der Waals surface area contributed by atoms with Crippen molar-refractivity contribution in [3.05, 3.63) is 29.8 Å². The van der Waals surface area contributed by atoms with Crippen LogP contribution in [0.1, 0.15) is 26.3 Å². The third-order valence-electron chi connectivity index (χ3n) is 3.03. The van der Waals surface area contributed by atoms with E-state index < -0.39 is 6.04 Å². The van der Waals surface area contributed by atoms with E-state index in [4.69, 9.17) is 9.47 Å². The second kappa shape index (κ2) is 9.50. The molecule has 0 bridgehead atoms. The Kier molecular flexibility index (Phi) is 7.66. The summed E-state index contributed by atoms with van der Waals surface area (Å²) in [6, 6.07) is 4.83. The molecule has 2 N–H and O–H groups in total. The topological polar surface area (TPSA) is 76.7 Å². The minimum atomic E-state index is -0.606. The monoisotopic (exact) mass is 320 g/mol. The largest absolute Gasteiger partial charge is 0.493 e. The lowest BCUT2D eigenvalue weighted by Gasteiger charge is -2.15. The number of nitrogens with one attached hydrogen (secondary N) is 2. The maximum absolute atomic E-state index is 11.8. The number of amides is 2. The summed E-state index contributed by atoms with van der Waals surface area (Å²) in [5.74, 6) is 0.421. The molecule has 0 aliphatic heterocycles. The minimum Gasteiger partial charge on any atom is -0.493 e. The molecule has 0 unspecified atom stereocenters. The zero-order chi connectivity index (χ0) is 17.2. The van der Waals surface area contributed by atoms with Gasteiger partial charge in [-0.25, -0.2) is 0 Å². The zero-order valence-electron chi connectivity index (χ0n) is 14.0. The van der Waals surface area contributed by atoms with E-state index in [1.165, 1.54) is 0 Å². The first-order chi connectivity index (χ1) is 11.0. The van der Waals surface area contributed by atoms with Crippen LogP contribution in [0.4, 0.5) is 0 Å². The van der Waals surface area contributed by atoms with Crippen molar-refractivity contribution < 1.29 is 19.1 Å². The van der Waals surface area contributed by atoms with E-state index in [1.807, 2.05) is 38.1 Å². The molecule has 6 nitrogen and oxygen atoms in total. The molecule has 126 valence electrons. The molecule has 0 aliphatic rings. The summed E-state index contributed by atoms with van der Waals surface area (Å²) in [6.07, 6.45) is 3.86. The van der Waals surface area contributed by atoms with Crippen LogP contribution in [0.15, 0.2) is 24.3 Å². The van der Waals surface area contributed by atoms with E-state index in [9.17, 15) is 9.59 Å². The first kappa shape index (κ1) is 18.5. The molecular formula is C17H24N2O4. The molecule has 0 saturated heterocycles. The van der Waals surface area contributed by atoms with Crippen molar-refractivity contribution in [1.82, 2.24) is 10.6 Å². The Hall–Kier alpha value is -2.50. The summed E-state index contributed by atoms with van der Waals surface area (Å²) >= 11 is 0. The minimum absolute atomic E-state index is 0.191. The predicted octanol–water partition coefficient (Wildman–Crippen LogP) is 1.75. The molecule has 0 aliphatic carbocycles. The van der Waals surface area contributed by atoms with Crippen molar-refractivity contribution in [2.45, 2.75) is 26.8 Å². The van der Waals surface area contributed by atoms with Gasteiger partial charge in [-0.05, 0) is 38.5 Å². The third-order valence-corrected chi connectivity index (χ3v) is 3.03. The van der Waals surface area contributed by atoms with Gasteiger partial charge >= 0.3 is 0 Å². The van der Waals surface area contributed by atoms with Gasteiger partial charge in [-0.3, -0.25) is 9.59 Å². The molecular weight excluding hydrogens is 296 g/mol. The maximum atomic E-state index is 11.8. The summed E-state index contributed by atoms with van der Waals surface area (Å²) in [6.45, 7) is 5.69. The number of benzene rings is 1. The second-order valence-electron chi connectivity index (χ2n) is 4.88. The number of hydrogen-bond acceptors (Lipinski definition) is 4. The van der Waals surface area contributed by atoms with Gasteiger partial charge in [-0.1, -0.05) is 18.2 Å². The molecule has 2 amide bonds. The molecule has 1 aromatic rings. The number of allylic oxidation sites excluding steroid dienone is 1. The zero-order valence-corrected chi connectivity index (χ0v) is 14.0. The van der Waals surface area contributed by atoms with E-state index in [0.717, 1.165) is 5.56 Å². The number of methoxy groups -OCH3 is 1. The summed E-state index contributed by atoms with van der Waals surface area (Å²) in [4.78, 5) is 23.4. The van der Waals surface area contributed by atoms with Crippen LogP contribution in [0.25, 0.3) is 6.08 Å². The number of hydrogen-bond donors (Lipinski definition) is 2. The standard InChI is InChI=1S/C17H24N2O4/c1-5-7-13-8-9-14(15(10-13)22-4)23-11-16(20)19-12(3)17(21)18-6-2/h5,7-10,12H,6,11H2,1-4H3,(H,18,21)(H,19,20)/b7-5+/t12-/m1/s1. The van der Waals surface area contributed by atoms with E-state index in [1.54, 1.807) is 20.1 Å². The predicted molar refractivity (Wildman–Crippen MR) is 89.5 cm³/mol. The van der Waals surface area contributed by atoms with Gasteiger partial charge < -0.3 is 20.1 Å². The summed E-state index contributed by atoms with van der Waals surface area (Å²) in [5, 5.41) is 5.22. The van der Waals surface area contributed by atoms with Crippen molar-refractivity contribution in [2.24, 2.45) is 0 Å². The van der Waals surface area contributed by atoms with Crippen LogP contribution in [0, 0.1) is 0 Å². The van der Waals surface area contributed by atoms with Crippen LogP contribution in [0.2, 0.25) is 0 Å². The molecule has 6 heteroatoms. The number of carbonyl (C=O) groups excluding carboxylic acids is 2. The smallest absolute Gasteiger partial charge is 0.258 e. The molecule has 1 rings (SSSR count). The summed E-state index contributed by atoms with van der Waals surface area (Å²) in [5.41, 5.74) is 0.978. The Labute approximate surface area is 136 Å². The van der Waals surface area contributed by atoms with Gasteiger partial charge in [0.15, 0.2) is 18.1 Å². The van der Waals surface area contributed by atoms with Gasteiger partial charge in [-0.2, -0.15) is 0 Å². The van der Waals surface area contributed by atoms with E-state index in [0.29, 0.717) is 18.0 Å². The fraction of sp³-hybridized carbons (Fsp3) is 0.412. The van der Waals surface area contributed by atoms with Crippen molar-refractivity contribution >= 4 is 17.9 Å². The molecule has 0 saturated carbocycles. The number of rotatable bonds is 8. The van der Waals surface area contributed by atoms with Crippen LogP contribution in [0.5, 0.6) is 11.5 Å². The quantitative estimate of drug-likeness (QED) is 0.765. The Morgan fingerprint density at radius 3 is 2.65 bits per heavy atom. The van der Waals surface area contributed by atoms with Gasteiger partial charge in [0, 0.05) is 6.54 Å². The van der Waals surface area contributed by atoms with Crippen LogP contribution in [0.3, 0.4) is 0 Å². The maximum Gasteiger partial charge on any atom is 0.258 e. The molecule has 0 fully saturated rings. The molecule has 23 heavy (non-hydrogen) atoms. The lowest BCUT2D eigenvalue weighted by molar-refractivity contribution is -0.129. The highest BCUT2D eigenvalue weighted by molar-refractivity contribution is 5.87. The van der Waals surface area contributed by atoms with Gasteiger partial charge in [-0.15, -0.1) is 0 Å². The second-order valence-corrected chi connectivity index (χ2v) is 4.88. The highest BCUT2D eigenvalue weighted by atomic mass is 16.5. The van der Waals surface area contributed by atoms with Gasteiger partial charge in [0.25, 0.3) is 5.91 Å². The molecule has 0 radical (unpaired) electrons. The fourth-order valence-corrected chi connectivity index (χ4v) is 1.92. The summed E-state index contributed by atoms with van der Waals surface area (Å²) in [7, 11) is 1.54. The molecule has 0 heterocycles. The van der Waals surface area contributed by atoms with Crippen molar-refractivity contribution in [3.8, 4) is 11.5 Å². The van der Waals surface area contributed by atoms with E-state index >= 15 is 0 Å². The summed E-state index contributed by atoms with van der Waals surface area (Å²) < 4.78 is 10.7. The molecule has 1 atom stereocenters. The van der Waals surface area contributed by atoms with Crippen LogP contribution < -0.4 is 20.1 Å². The SMILES string of the molecule is C/C=C/c1ccc(OCC(=O)N[C@H](C)C(=O)NCC)c(OC)c1.